The Bertz CT molecular complexity index is 659. The molecule has 7 heteroatoms. The van der Waals surface area contributed by atoms with Crippen molar-refractivity contribution in [1.82, 2.24) is 0 Å². The van der Waals surface area contributed by atoms with Crippen LogP contribution in [0.1, 0.15) is 5.56 Å². The van der Waals surface area contributed by atoms with Crippen LogP contribution < -0.4 is 10.1 Å². The summed E-state index contributed by atoms with van der Waals surface area (Å²) in [7, 11) is 1.47. The number of hydrogen-bond acceptors (Lipinski definition) is 3. The van der Waals surface area contributed by atoms with Gasteiger partial charge in [0, 0.05) is 12.2 Å². The average Bonchev–Trinajstić information content (AvgIpc) is 2.45. The van der Waals surface area contributed by atoms with E-state index in [9.17, 15) is 9.50 Å². The SMILES string of the molecule is COc1cc(CNc2cc(Cl)c(F)c(Cl)c2)cc(Br)c1O. The summed E-state index contributed by atoms with van der Waals surface area (Å²) in [6.07, 6.45) is 0. The molecule has 0 unspecified atom stereocenters. The molecule has 0 heterocycles. The van der Waals surface area contributed by atoms with E-state index in [4.69, 9.17) is 27.9 Å². The first kappa shape index (κ1) is 16.2. The van der Waals surface area contributed by atoms with Crippen molar-refractivity contribution in [3.8, 4) is 11.5 Å². The van der Waals surface area contributed by atoms with Crippen LogP contribution in [0.3, 0.4) is 0 Å². The van der Waals surface area contributed by atoms with Gasteiger partial charge in [0.05, 0.1) is 21.6 Å². The maximum Gasteiger partial charge on any atom is 0.172 e. The molecule has 0 aliphatic heterocycles. The molecule has 0 radical (unpaired) electrons. The smallest absolute Gasteiger partial charge is 0.172 e. The highest BCUT2D eigenvalue weighted by atomic mass is 79.9. The van der Waals surface area contributed by atoms with Gasteiger partial charge in [0.15, 0.2) is 17.3 Å². The lowest BCUT2D eigenvalue weighted by molar-refractivity contribution is 0.371. The predicted molar refractivity (Wildman–Crippen MR) is 86.1 cm³/mol. The molecule has 0 amide bonds. The maximum atomic E-state index is 13.3. The van der Waals surface area contributed by atoms with E-state index in [0.717, 1.165) is 5.56 Å². The fourth-order valence-electron chi connectivity index (χ4n) is 1.75. The van der Waals surface area contributed by atoms with E-state index in [-0.39, 0.29) is 15.8 Å². The van der Waals surface area contributed by atoms with E-state index >= 15 is 0 Å². The molecule has 0 aromatic heterocycles. The van der Waals surface area contributed by atoms with E-state index in [1.807, 2.05) is 0 Å². The molecule has 0 aliphatic rings. The van der Waals surface area contributed by atoms with Gasteiger partial charge in [-0.3, -0.25) is 0 Å². The molecule has 21 heavy (non-hydrogen) atoms. The van der Waals surface area contributed by atoms with E-state index < -0.39 is 5.82 Å². The number of phenols is 1. The normalized spacial score (nSPS) is 10.5. The molecule has 2 aromatic carbocycles. The van der Waals surface area contributed by atoms with E-state index in [1.54, 1.807) is 12.1 Å². The Morgan fingerprint density at radius 2 is 1.86 bits per heavy atom. The Morgan fingerprint density at radius 3 is 2.43 bits per heavy atom. The van der Waals surface area contributed by atoms with Crippen molar-refractivity contribution in [3.63, 3.8) is 0 Å². The molecular formula is C14H11BrCl2FNO2. The topological polar surface area (TPSA) is 41.5 Å². The van der Waals surface area contributed by atoms with E-state index in [2.05, 4.69) is 21.2 Å². The van der Waals surface area contributed by atoms with Gasteiger partial charge in [-0.15, -0.1) is 0 Å². The molecule has 0 bridgehead atoms. The number of aromatic hydroxyl groups is 1. The third kappa shape index (κ3) is 3.73. The van der Waals surface area contributed by atoms with Gasteiger partial charge < -0.3 is 15.2 Å². The zero-order valence-corrected chi connectivity index (χ0v) is 14.0. The molecule has 112 valence electrons. The van der Waals surface area contributed by atoms with Gasteiger partial charge in [0.2, 0.25) is 0 Å². The molecular weight excluding hydrogens is 384 g/mol. The molecule has 2 aromatic rings. The van der Waals surface area contributed by atoms with Gasteiger partial charge in [-0.2, -0.15) is 0 Å². The van der Waals surface area contributed by atoms with Crippen molar-refractivity contribution in [3.05, 3.63) is 50.2 Å². The van der Waals surface area contributed by atoms with Crippen molar-refractivity contribution < 1.29 is 14.2 Å². The summed E-state index contributed by atoms with van der Waals surface area (Å²) >= 11 is 14.7. The summed E-state index contributed by atoms with van der Waals surface area (Å²) < 4.78 is 18.9. The first-order valence-electron chi connectivity index (χ1n) is 5.86. The zero-order valence-electron chi connectivity index (χ0n) is 10.9. The van der Waals surface area contributed by atoms with Crippen LogP contribution in [-0.2, 0) is 6.54 Å². The van der Waals surface area contributed by atoms with Crippen LogP contribution in [0.2, 0.25) is 10.0 Å². The largest absolute Gasteiger partial charge is 0.503 e. The van der Waals surface area contributed by atoms with E-state index in [0.29, 0.717) is 22.5 Å². The molecule has 3 nitrogen and oxygen atoms in total. The molecule has 2 N–H and O–H groups in total. The lowest BCUT2D eigenvalue weighted by Gasteiger charge is -2.11. The number of hydrogen-bond donors (Lipinski definition) is 2. The van der Waals surface area contributed by atoms with Gasteiger partial charge >= 0.3 is 0 Å². The number of ether oxygens (including phenoxy) is 1. The quantitative estimate of drug-likeness (QED) is 0.698. The Balaban J connectivity index is 2.19. The fourth-order valence-corrected chi connectivity index (χ4v) is 2.72. The summed E-state index contributed by atoms with van der Waals surface area (Å²) in [6, 6.07) is 6.35. The third-order valence-corrected chi connectivity index (χ3v) is 3.94. The minimum absolute atomic E-state index is 0.0362. The molecule has 0 saturated heterocycles. The van der Waals surface area contributed by atoms with Gasteiger partial charge in [0.1, 0.15) is 0 Å². The lowest BCUT2D eigenvalue weighted by atomic mass is 10.2. The number of nitrogens with one attached hydrogen (secondary N) is 1. The number of halogens is 4. The Morgan fingerprint density at radius 1 is 1.24 bits per heavy atom. The summed E-state index contributed by atoms with van der Waals surface area (Å²) in [5.41, 5.74) is 1.45. The van der Waals surface area contributed by atoms with Gasteiger partial charge in [-0.1, -0.05) is 23.2 Å². The summed E-state index contributed by atoms with van der Waals surface area (Å²) in [6.45, 7) is 0.424. The second-order valence-electron chi connectivity index (χ2n) is 4.24. The first-order valence-corrected chi connectivity index (χ1v) is 7.41. The van der Waals surface area contributed by atoms with Crippen molar-refractivity contribution >= 4 is 44.8 Å². The number of anilines is 1. The monoisotopic (exact) mass is 393 g/mol. The van der Waals surface area contributed by atoms with Crippen molar-refractivity contribution in [1.29, 1.82) is 0 Å². The highest BCUT2D eigenvalue weighted by molar-refractivity contribution is 9.10. The third-order valence-electron chi connectivity index (χ3n) is 2.79. The number of rotatable bonds is 4. The second-order valence-corrected chi connectivity index (χ2v) is 5.90. The van der Waals surface area contributed by atoms with Crippen LogP contribution in [-0.4, -0.2) is 12.2 Å². The van der Waals surface area contributed by atoms with Gasteiger partial charge in [-0.05, 0) is 45.8 Å². The average molecular weight is 395 g/mol. The second kappa shape index (κ2) is 6.73. The van der Waals surface area contributed by atoms with Gasteiger partial charge in [-0.25, -0.2) is 4.39 Å². The van der Waals surface area contributed by atoms with Crippen LogP contribution in [0.25, 0.3) is 0 Å². The fraction of sp³-hybridized carbons (Fsp3) is 0.143. The van der Waals surface area contributed by atoms with E-state index in [1.165, 1.54) is 19.2 Å². The Hall–Kier alpha value is -1.17. The summed E-state index contributed by atoms with van der Waals surface area (Å²) in [4.78, 5) is 0. The van der Waals surface area contributed by atoms with Crippen molar-refractivity contribution in [2.24, 2.45) is 0 Å². The molecule has 0 atom stereocenters. The summed E-state index contributed by atoms with van der Waals surface area (Å²) in [5, 5.41) is 12.7. The predicted octanol–water partition coefficient (Wildman–Crippen LogP) is 5.22. The standard InChI is InChI=1S/C14H11BrCl2FNO2/c1-21-12-3-7(2-9(15)14(12)20)6-19-8-4-10(16)13(18)11(17)5-8/h2-5,19-20H,6H2,1H3. The zero-order chi connectivity index (χ0) is 15.6. The lowest BCUT2D eigenvalue weighted by Crippen LogP contribution is -2.01. The first-order chi connectivity index (χ1) is 9.92. The Kier molecular flexibility index (Phi) is 5.19. The molecule has 2 rings (SSSR count). The number of methoxy groups -OCH3 is 1. The molecule has 0 spiro atoms. The van der Waals surface area contributed by atoms with Crippen LogP contribution in [0.4, 0.5) is 10.1 Å². The highest BCUT2D eigenvalue weighted by Gasteiger charge is 2.10. The highest BCUT2D eigenvalue weighted by Crippen LogP contribution is 2.35. The minimum Gasteiger partial charge on any atom is -0.503 e. The van der Waals surface area contributed by atoms with Crippen LogP contribution in [0.15, 0.2) is 28.7 Å². The Labute approximate surface area is 139 Å². The number of phenolic OH excluding ortho intramolecular Hbond substituents is 1. The van der Waals surface area contributed by atoms with Crippen LogP contribution >= 0.6 is 39.1 Å². The molecule has 0 fully saturated rings. The van der Waals surface area contributed by atoms with Crippen LogP contribution in [0, 0.1) is 5.82 Å². The maximum absolute atomic E-state index is 13.3. The van der Waals surface area contributed by atoms with Gasteiger partial charge in [0.25, 0.3) is 0 Å². The van der Waals surface area contributed by atoms with Crippen molar-refractivity contribution in [2.75, 3.05) is 12.4 Å². The number of benzene rings is 2. The van der Waals surface area contributed by atoms with Crippen LogP contribution in [0.5, 0.6) is 11.5 Å². The summed E-state index contributed by atoms with van der Waals surface area (Å²) in [5.74, 6) is -0.247. The molecule has 0 saturated carbocycles. The van der Waals surface area contributed by atoms with Crippen molar-refractivity contribution in [2.45, 2.75) is 6.54 Å². The minimum atomic E-state index is -0.641. The molecule has 0 aliphatic carbocycles.